The first-order valence-electron chi connectivity index (χ1n) is 21.4. The summed E-state index contributed by atoms with van der Waals surface area (Å²) in [7, 11) is 0. The second kappa shape index (κ2) is 13.3. The van der Waals surface area contributed by atoms with Gasteiger partial charge in [-0.25, -0.2) is 0 Å². The Kier molecular flexibility index (Phi) is 7.71. The molecule has 0 aliphatic heterocycles. The van der Waals surface area contributed by atoms with Gasteiger partial charge in [-0.1, -0.05) is 166 Å². The van der Waals surface area contributed by atoms with Crippen LogP contribution in [0, 0.1) is 0 Å². The van der Waals surface area contributed by atoms with Crippen molar-refractivity contribution in [3.05, 3.63) is 211 Å². The highest BCUT2D eigenvalue weighted by atomic mass is 15.0. The summed E-state index contributed by atoms with van der Waals surface area (Å²) in [6, 6.07) is 65.7. The zero-order valence-corrected chi connectivity index (χ0v) is 34.6. The van der Waals surface area contributed by atoms with Crippen molar-refractivity contribution in [2.45, 2.75) is 26.2 Å². The first-order valence-corrected chi connectivity index (χ1v) is 21.4. The van der Waals surface area contributed by atoms with Crippen molar-refractivity contribution in [1.29, 1.82) is 0 Å². The van der Waals surface area contributed by atoms with Gasteiger partial charge in [0.05, 0.1) is 11.2 Å². The molecule has 11 aromatic rings. The van der Waals surface area contributed by atoms with Gasteiger partial charge in [-0.3, -0.25) is 0 Å². The van der Waals surface area contributed by atoms with Crippen molar-refractivity contribution in [2.24, 2.45) is 0 Å². The van der Waals surface area contributed by atoms with Crippen LogP contribution in [0.25, 0.3) is 116 Å². The minimum atomic E-state index is -0.165. The number of fused-ring (bicyclic) bond motifs is 12. The molecule has 0 amide bonds. The van der Waals surface area contributed by atoms with Crippen LogP contribution in [0.3, 0.4) is 0 Å². The van der Waals surface area contributed by atoms with Gasteiger partial charge in [-0.2, -0.15) is 0 Å². The van der Waals surface area contributed by atoms with Gasteiger partial charge in [0.1, 0.15) is 0 Å². The van der Waals surface area contributed by atoms with Crippen LogP contribution in [-0.4, -0.2) is 4.57 Å². The van der Waals surface area contributed by atoms with Crippen LogP contribution in [0.5, 0.6) is 0 Å². The highest BCUT2D eigenvalue weighted by molar-refractivity contribution is 6.23. The van der Waals surface area contributed by atoms with Crippen LogP contribution < -0.4 is 0 Å². The normalized spacial score (nSPS) is 13.3. The SMILES string of the molecule is C=Cc1c(/C=C\C)n(-c2ccccc2)c2ccc(-c3c4ccccc4c(-c4ccc5cc6c(cc5c4)C(C)(C)c4c-6c5ccccc5c5ccccc45)c4ccccc34)cc12. The van der Waals surface area contributed by atoms with Crippen molar-refractivity contribution in [3.8, 4) is 39.1 Å². The second-order valence-electron chi connectivity index (χ2n) is 17.2. The van der Waals surface area contributed by atoms with E-state index in [-0.39, 0.29) is 5.41 Å². The smallest absolute Gasteiger partial charge is 0.0541 e. The van der Waals surface area contributed by atoms with E-state index in [0.717, 1.165) is 16.9 Å². The highest BCUT2D eigenvalue weighted by Gasteiger charge is 2.38. The van der Waals surface area contributed by atoms with E-state index in [0.29, 0.717) is 0 Å². The summed E-state index contributed by atoms with van der Waals surface area (Å²) < 4.78 is 2.36. The molecule has 1 heteroatoms. The lowest BCUT2D eigenvalue weighted by molar-refractivity contribution is 0.667. The summed E-state index contributed by atoms with van der Waals surface area (Å²) in [6.45, 7) is 11.2. The van der Waals surface area contributed by atoms with Crippen molar-refractivity contribution in [3.63, 3.8) is 0 Å². The number of hydrogen-bond donors (Lipinski definition) is 0. The van der Waals surface area contributed by atoms with Crippen LogP contribution in [0.2, 0.25) is 0 Å². The Balaban J connectivity index is 1.07. The van der Waals surface area contributed by atoms with Gasteiger partial charge in [-0.15, -0.1) is 0 Å². The van der Waals surface area contributed by atoms with E-state index in [2.05, 4.69) is 220 Å². The Bertz CT molecular complexity index is 3630. The zero-order valence-electron chi connectivity index (χ0n) is 34.6. The fraction of sp³-hybridized carbons (Fsp3) is 0.0667. The van der Waals surface area contributed by atoms with E-state index in [1.807, 2.05) is 6.08 Å². The van der Waals surface area contributed by atoms with Gasteiger partial charge in [0, 0.05) is 22.1 Å². The summed E-state index contributed by atoms with van der Waals surface area (Å²) in [5, 5.41) is 14.1. The molecule has 0 unspecified atom stereocenters. The van der Waals surface area contributed by atoms with Crippen LogP contribution >= 0.6 is 0 Å². The third kappa shape index (κ3) is 5.01. The molecule has 0 spiro atoms. The third-order valence-electron chi connectivity index (χ3n) is 13.6. The summed E-state index contributed by atoms with van der Waals surface area (Å²) in [6.07, 6.45) is 6.33. The summed E-state index contributed by atoms with van der Waals surface area (Å²) in [5.74, 6) is 0. The van der Waals surface area contributed by atoms with Crippen LogP contribution in [-0.2, 0) is 5.41 Å². The van der Waals surface area contributed by atoms with E-state index >= 15 is 0 Å². The number of para-hydroxylation sites is 1. The third-order valence-corrected chi connectivity index (χ3v) is 13.6. The molecule has 1 aliphatic rings. The molecule has 0 radical (unpaired) electrons. The first-order chi connectivity index (χ1) is 30.0. The number of nitrogens with zero attached hydrogens (tertiary/aromatic N) is 1. The predicted octanol–water partition coefficient (Wildman–Crippen LogP) is 16.7. The molecular weight excluding hydrogens is 735 g/mol. The van der Waals surface area contributed by atoms with Gasteiger partial charge in [0.2, 0.25) is 0 Å². The molecule has 1 aromatic heterocycles. The summed E-state index contributed by atoms with van der Waals surface area (Å²) >= 11 is 0. The van der Waals surface area contributed by atoms with Crippen molar-refractivity contribution < 1.29 is 0 Å². The molecule has 288 valence electrons. The Hall–Kier alpha value is -7.48. The van der Waals surface area contributed by atoms with E-state index < -0.39 is 0 Å². The molecule has 0 bridgehead atoms. The molecule has 10 aromatic carbocycles. The first kappa shape index (κ1) is 35.5. The molecule has 1 aliphatic carbocycles. The fourth-order valence-electron chi connectivity index (χ4n) is 11.0. The standard InChI is InChI=1S/C60H43N/c1-5-18-54-42(6-2)51-35-39(31-32-55(51)61(54)41-19-8-7-9-20-41)57-48-26-15-13-24-46(48)56(47-25-14-16-27-49(47)57)38-30-29-37-34-52-53(36-40(37)33-38)60(3,4)59-50-28-17-11-22-44(50)43-21-10-12-23-45(43)58(52)59/h5-36H,2H2,1,3-4H3/b18-5-. The number of allylic oxidation sites excluding steroid dienone is 1. The monoisotopic (exact) mass is 777 g/mol. The zero-order chi connectivity index (χ0) is 41.0. The van der Waals surface area contributed by atoms with E-state index in [9.17, 15) is 0 Å². The Morgan fingerprint density at radius 2 is 1.00 bits per heavy atom. The van der Waals surface area contributed by atoms with Gasteiger partial charge in [-0.05, 0) is 154 Å². The Morgan fingerprint density at radius 1 is 0.475 bits per heavy atom. The lowest BCUT2D eigenvalue weighted by Gasteiger charge is -2.24. The molecule has 0 saturated heterocycles. The topological polar surface area (TPSA) is 4.93 Å². The number of benzene rings is 10. The minimum absolute atomic E-state index is 0.165. The quantitative estimate of drug-likeness (QED) is 0.121. The van der Waals surface area contributed by atoms with Gasteiger partial charge < -0.3 is 4.57 Å². The number of hydrogen-bond acceptors (Lipinski definition) is 0. The summed E-state index contributed by atoms with van der Waals surface area (Å²) in [5.41, 5.74) is 14.9. The maximum atomic E-state index is 4.31. The summed E-state index contributed by atoms with van der Waals surface area (Å²) in [4.78, 5) is 0. The van der Waals surface area contributed by atoms with Gasteiger partial charge >= 0.3 is 0 Å². The molecule has 0 saturated carbocycles. The number of aromatic nitrogens is 1. The van der Waals surface area contributed by atoms with Gasteiger partial charge in [0.15, 0.2) is 0 Å². The van der Waals surface area contributed by atoms with E-state index in [4.69, 9.17) is 0 Å². The van der Waals surface area contributed by atoms with E-state index in [1.54, 1.807) is 0 Å². The molecular formula is C60H43N. The van der Waals surface area contributed by atoms with Crippen LogP contribution in [0.4, 0.5) is 0 Å². The molecule has 0 N–H and O–H groups in total. The molecule has 0 atom stereocenters. The highest BCUT2D eigenvalue weighted by Crippen LogP contribution is 2.56. The molecule has 1 nitrogen and oxygen atoms in total. The largest absolute Gasteiger partial charge is 0.309 e. The maximum Gasteiger partial charge on any atom is 0.0541 e. The lowest BCUT2D eigenvalue weighted by Crippen LogP contribution is -2.15. The maximum absolute atomic E-state index is 4.31. The average molecular weight is 778 g/mol. The number of rotatable bonds is 5. The van der Waals surface area contributed by atoms with E-state index in [1.165, 1.54) is 109 Å². The molecule has 61 heavy (non-hydrogen) atoms. The Morgan fingerprint density at radius 3 is 1.61 bits per heavy atom. The Labute approximate surface area is 356 Å². The van der Waals surface area contributed by atoms with Crippen molar-refractivity contribution in [1.82, 2.24) is 4.57 Å². The van der Waals surface area contributed by atoms with Crippen LogP contribution in [0.1, 0.15) is 43.2 Å². The minimum Gasteiger partial charge on any atom is -0.309 e. The fourth-order valence-corrected chi connectivity index (χ4v) is 11.0. The molecule has 0 fully saturated rings. The van der Waals surface area contributed by atoms with Gasteiger partial charge in [0.25, 0.3) is 0 Å². The predicted molar refractivity (Wildman–Crippen MR) is 264 cm³/mol. The van der Waals surface area contributed by atoms with Crippen LogP contribution in [0.15, 0.2) is 189 Å². The van der Waals surface area contributed by atoms with Crippen molar-refractivity contribution in [2.75, 3.05) is 0 Å². The molecule has 1 heterocycles. The average Bonchev–Trinajstić information content (AvgIpc) is 3.74. The lowest BCUT2D eigenvalue weighted by atomic mass is 9.79. The molecule has 12 rings (SSSR count). The second-order valence-corrected chi connectivity index (χ2v) is 17.2. The van der Waals surface area contributed by atoms with Crippen molar-refractivity contribution >= 4 is 76.9 Å².